The summed E-state index contributed by atoms with van der Waals surface area (Å²) in [5.74, 6) is 1.16. The van der Waals surface area contributed by atoms with Gasteiger partial charge in [-0.1, -0.05) is 43.6 Å². The Morgan fingerprint density at radius 2 is 1.76 bits per heavy atom. The molecule has 3 aliphatic rings. The van der Waals surface area contributed by atoms with Crippen LogP contribution in [0, 0.1) is 22.2 Å². The molecule has 1 heterocycles. The van der Waals surface area contributed by atoms with Crippen LogP contribution in [0.25, 0.3) is 0 Å². The minimum atomic E-state index is -0.542. The van der Waals surface area contributed by atoms with Crippen molar-refractivity contribution in [2.75, 3.05) is 13.1 Å². The van der Waals surface area contributed by atoms with Crippen LogP contribution in [0.15, 0.2) is 0 Å². The molecule has 0 spiro atoms. The zero-order chi connectivity index (χ0) is 15.6. The third-order valence-corrected chi connectivity index (χ3v) is 8.37. The SMILES string of the molecule is CC1CCN(C(=O)[C@]23CC[C@](C)(C(=O)[C@@H]2Br)C3(C)C)CC1. The minimum Gasteiger partial charge on any atom is -0.342 e. The second kappa shape index (κ2) is 4.56. The van der Waals surface area contributed by atoms with Gasteiger partial charge in [0, 0.05) is 18.5 Å². The van der Waals surface area contributed by atoms with E-state index in [0.717, 1.165) is 38.8 Å². The van der Waals surface area contributed by atoms with Crippen LogP contribution in [0.3, 0.4) is 0 Å². The van der Waals surface area contributed by atoms with Gasteiger partial charge in [-0.05, 0) is 37.0 Å². The lowest BCUT2D eigenvalue weighted by Gasteiger charge is -2.44. The van der Waals surface area contributed by atoms with Crippen LogP contribution in [0.5, 0.6) is 0 Å². The molecule has 118 valence electrons. The van der Waals surface area contributed by atoms with Gasteiger partial charge in [0.2, 0.25) is 5.91 Å². The summed E-state index contributed by atoms with van der Waals surface area (Å²) in [6.45, 7) is 10.3. The van der Waals surface area contributed by atoms with Gasteiger partial charge in [-0.25, -0.2) is 0 Å². The molecule has 2 bridgehead atoms. The van der Waals surface area contributed by atoms with Crippen molar-refractivity contribution in [1.82, 2.24) is 4.90 Å². The lowest BCUT2D eigenvalue weighted by molar-refractivity contribution is -0.148. The highest BCUT2D eigenvalue weighted by molar-refractivity contribution is 9.10. The van der Waals surface area contributed by atoms with Crippen molar-refractivity contribution in [3.63, 3.8) is 0 Å². The Hall–Kier alpha value is -0.380. The first-order valence-electron chi connectivity index (χ1n) is 8.16. The van der Waals surface area contributed by atoms with Gasteiger partial charge in [0.1, 0.15) is 0 Å². The van der Waals surface area contributed by atoms with Crippen molar-refractivity contribution in [1.29, 1.82) is 0 Å². The summed E-state index contributed by atoms with van der Waals surface area (Å²) in [4.78, 5) is 27.8. The molecule has 0 aromatic rings. The third kappa shape index (κ3) is 1.66. The van der Waals surface area contributed by atoms with Gasteiger partial charge in [-0.3, -0.25) is 9.59 Å². The number of likely N-dealkylation sites (tertiary alicyclic amines) is 1. The minimum absolute atomic E-state index is 0.218. The summed E-state index contributed by atoms with van der Waals surface area (Å²) in [7, 11) is 0. The Labute approximate surface area is 136 Å². The molecule has 0 radical (unpaired) electrons. The zero-order valence-electron chi connectivity index (χ0n) is 13.5. The molecule has 1 amide bonds. The van der Waals surface area contributed by atoms with E-state index < -0.39 is 5.41 Å². The Bertz CT molecular complexity index is 495. The molecule has 1 saturated heterocycles. The number of carbonyl (C=O) groups excluding carboxylic acids is 2. The van der Waals surface area contributed by atoms with Crippen LogP contribution in [0.1, 0.15) is 53.4 Å². The molecule has 3 atom stereocenters. The van der Waals surface area contributed by atoms with Crippen molar-refractivity contribution in [2.45, 2.75) is 58.2 Å². The van der Waals surface area contributed by atoms with Gasteiger partial charge in [-0.2, -0.15) is 0 Å². The van der Waals surface area contributed by atoms with Crippen molar-refractivity contribution < 1.29 is 9.59 Å². The number of piperidine rings is 1. The molecule has 2 saturated carbocycles. The molecule has 3 fully saturated rings. The molecule has 21 heavy (non-hydrogen) atoms. The molecule has 3 nitrogen and oxygen atoms in total. The van der Waals surface area contributed by atoms with Crippen LogP contribution in [0.4, 0.5) is 0 Å². The van der Waals surface area contributed by atoms with E-state index >= 15 is 0 Å². The van der Waals surface area contributed by atoms with E-state index in [1.165, 1.54) is 0 Å². The average molecular weight is 356 g/mol. The molecule has 0 aromatic heterocycles. The molecule has 3 rings (SSSR count). The van der Waals surface area contributed by atoms with Crippen molar-refractivity contribution in [3.05, 3.63) is 0 Å². The first-order chi connectivity index (χ1) is 9.68. The summed E-state index contributed by atoms with van der Waals surface area (Å²) >= 11 is 3.61. The van der Waals surface area contributed by atoms with E-state index in [1.54, 1.807) is 0 Å². The number of carbonyl (C=O) groups is 2. The highest BCUT2D eigenvalue weighted by Crippen LogP contribution is 2.72. The van der Waals surface area contributed by atoms with Gasteiger partial charge in [-0.15, -0.1) is 0 Å². The number of Topliss-reactive ketones (excluding diaryl/α,β-unsaturated/α-hetero) is 1. The molecule has 0 unspecified atom stereocenters. The number of amides is 1. The number of halogens is 1. The Morgan fingerprint density at radius 1 is 1.19 bits per heavy atom. The number of hydrogen-bond donors (Lipinski definition) is 0. The van der Waals surface area contributed by atoms with Gasteiger partial charge < -0.3 is 4.90 Å². The number of nitrogens with zero attached hydrogens (tertiary/aromatic N) is 1. The smallest absolute Gasteiger partial charge is 0.230 e. The number of alkyl halides is 1. The normalized spacial score (nSPS) is 42.6. The molecule has 0 N–H and O–H groups in total. The average Bonchev–Trinajstić information content (AvgIpc) is 2.71. The van der Waals surface area contributed by atoms with E-state index in [9.17, 15) is 9.59 Å². The maximum Gasteiger partial charge on any atom is 0.230 e. The lowest BCUT2D eigenvalue weighted by Crippen LogP contribution is -2.54. The van der Waals surface area contributed by atoms with Crippen molar-refractivity contribution in [3.8, 4) is 0 Å². The van der Waals surface area contributed by atoms with Crippen LogP contribution >= 0.6 is 15.9 Å². The van der Waals surface area contributed by atoms with Gasteiger partial charge >= 0.3 is 0 Å². The van der Waals surface area contributed by atoms with Crippen molar-refractivity contribution >= 4 is 27.6 Å². The highest BCUT2D eigenvalue weighted by Gasteiger charge is 2.77. The predicted octanol–water partition coefficient (Wildman–Crippen LogP) is 3.40. The van der Waals surface area contributed by atoms with Gasteiger partial charge in [0.25, 0.3) is 0 Å². The van der Waals surface area contributed by atoms with E-state index in [1.807, 2.05) is 4.90 Å². The first kappa shape index (κ1) is 15.5. The van der Waals surface area contributed by atoms with Crippen LogP contribution in [-0.4, -0.2) is 34.5 Å². The number of hydrogen-bond acceptors (Lipinski definition) is 2. The molecular formula is C17H26BrNO2. The largest absolute Gasteiger partial charge is 0.342 e. The maximum atomic E-state index is 13.3. The molecule has 0 aromatic carbocycles. The highest BCUT2D eigenvalue weighted by atomic mass is 79.9. The van der Waals surface area contributed by atoms with Crippen LogP contribution in [0.2, 0.25) is 0 Å². The van der Waals surface area contributed by atoms with E-state index in [2.05, 4.69) is 43.6 Å². The Balaban J connectivity index is 1.96. The second-order valence-electron chi connectivity index (χ2n) is 8.13. The summed E-state index contributed by atoms with van der Waals surface area (Å²) in [6.07, 6.45) is 3.85. The fourth-order valence-electron chi connectivity index (χ4n) is 4.92. The summed E-state index contributed by atoms with van der Waals surface area (Å²) in [5, 5.41) is 0. The first-order valence-corrected chi connectivity index (χ1v) is 9.08. The molecule has 4 heteroatoms. The molecule has 1 aliphatic heterocycles. The molecule has 2 aliphatic carbocycles. The van der Waals surface area contributed by atoms with Crippen LogP contribution in [-0.2, 0) is 9.59 Å². The predicted molar refractivity (Wildman–Crippen MR) is 86.3 cm³/mol. The maximum absolute atomic E-state index is 13.3. The third-order valence-electron chi connectivity index (χ3n) is 7.17. The monoisotopic (exact) mass is 355 g/mol. The van der Waals surface area contributed by atoms with E-state index in [-0.39, 0.29) is 27.3 Å². The van der Waals surface area contributed by atoms with E-state index in [0.29, 0.717) is 5.92 Å². The summed E-state index contributed by atoms with van der Waals surface area (Å²) < 4.78 is 0. The fourth-order valence-corrected chi connectivity index (χ4v) is 6.42. The quantitative estimate of drug-likeness (QED) is 0.676. The summed E-state index contributed by atoms with van der Waals surface area (Å²) in [5.41, 5.74) is -1.18. The van der Waals surface area contributed by atoms with Crippen LogP contribution < -0.4 is 0 Å². The standard InChI is InChI=1S/C17H26BrNO2/c1-11-5-9-19(10-6-11)14(21)17-8-7-16(4,15(17,2)3)13(20)12(17)18/h11-12H,5-10H2,1-4H3/t12-,16+,17-/m0/s1. The second-order valence-corrected chi connectivity index (χ2v) is 9.05. The lowest BCUT2D eigenvalue weighted by atomic mass is 9.64. The number of fused-ring (bicyclic) bond motifs is 2. The topological polar surface area (TPSA) is 37.4 Å². The summed E-state index contributed by atoms with van der Waals surface area (Å²) in [6, 6.07) is 0. The Morgan fingerprint density at radius 3 is 2.24 bits per heavy atom. The van der Waals surface area contributed by atoms with Gasteiger partial charge in [0.15, 0.2) is 5.78 Å². The fraction of sp³-hybridized carbons (Fsp3) is 0.882. The number of rotatable bonds is 1. The number of ketones is 1. The molecular weight excluding hydrogens is 330 g/mol. The van der Waals surface area contributed by atoms with E-state index in [4.69, 9.17) is 0 Å². The zero-order valence-corrected chi connectivity index (χ0v) is 15.1. The Kier molecular flexibility index (Phi) is 3.37. The van der Waals surface area contributed by atoms with Crippen molar-refractivity contribution in [2.24, 2.45) is 22.2 Å². The van der Waals surface area contributed by atoms with Gasteiger partial charge in [0.05, 0.1) is 10.2 Å².